The second-order valence-corrected chi connectivity index (χ2v) is 4.64. The Hall–Kier alpha value is -1.89. The Labute approximate surface area is 115 Å². The van der Waals surface area contributed by atoms with Crippen LogP contribution in [0.3, 0.4) is 0 Å². The Morgan fingerprint density at radius 3 is 3.00 bits per heavy atom. The molecule has 0 radical (unpaired) electrons. The summed E-state index contributed by atoms with van der Waals surface area (Å²) in [7, 11) is 0. The first kappa shape index (κ1) is 13.5. The molecule has 0 atom stereocenters. The molecule has 2 aromatic rings. The van der Waals surface area contributed by atoms with Crippen molar-refractivity contribution in [2.45, 2.75) is 19.0 Å². The van der Waals surface area contributed by atoms with Crippen LogP contribution in [0.2, 0.25) is 0 Å². The van der Waals surface area contributed by atoms with Crippen LogP contribution in [0, 0.1) is 6.92 Å². The van der Waals surface area contributed by atoms with Crippen LogP contribution < -0.4 is 0 Å². The summed E-state index contributed by atoms with van der Waals surface area (Å²) < 4.78 is 6.52. The molecule has 100 valence electrons. The smallest absolute Gasteiger partial charge is 0.316 e. The average molecular weight is 278 g/mol. The van der Waals surface area contributed by atoms with Gasteiger partial charge in [0.25, 0.3) is 0 Å². The van der Waals surface area contributed by atoms with Gasteiger partial charge in [0.2, 0.25) is 0 Å². The van der Waals surface area contributed by atoms with Crippen LogP contribution in [-0.2, 0) is 9.53 Å². The van der Waals surface area contributed by atoms with Crippen molar-refractivity contribution in [2.75, 3.05) is 12.4 Å². The summed E-state index contributed by atoms with van der Waals surface area (Å²) >= 11 is 1.25. The van der Waals surface area contributed by atoms with E-state index in [2.05, 4.69) is 15.1 Å². The Bertz CT molecular complexity index is 570. The quantitative estimate of drug-likeness (QED) is 0.470. The maximum absolute atomic E-state index is 11.3. The molecule has 7 heteroatoms. The number of aryl methyl sites for hydroxylation is 1. The highest BCUT2D eigenvalue weighted by atomic mass is 32.2. The SMILES string of the molecule is CCOC(=O)CSc1nccc(-n2ccc(C)n2)n1. The van der Waals surface area contributed by atoms with Gasteiger partial charge in [-0.05, 0) is 19.9 Å². The van der Waals surface area contributed by atoms with E-state index in [1.165, 1.54) is 11.8 Å². The second kappa shape index (κ2) is 6.33. The Kier molecular flexibility index (Phi) is 4.51. The largest absolute Gasteiger partial charge is 0.465 e. The molecule has 0 unspecified atom stereocenters. The van der Waals surface area contributed by atoms with Crippen LogP contribution in [0.4, 0.5) is 0 Å². The summed E-state index contributed by atoms with van der Waals surface area (Å²) in [4.78, 5) is 19.7. The summed E-state index contributed by atoms with van der Waals surface area (Å²) in [6.45, 7) is 4.07. The molecule has 0 N–H and O–H groups in total. The van der Waals surface area contributed by atoms with Crippen molar-refractivity contribution >= 4 is 17.7 Å². The van der Waals surface area contributed by atoms with Gasteiger partial charge in [-0.2, -0.15) is 5.10 Å². The fourth-order valence-electron chi connectivity index (χ4n) is 1.40. The molecule has 2 rings (SSSR count). The van der Waals surface area contributed by atoms with Crippen LogP contribution in [-0.4, -0.2) is 38.1 Å². The highest BCUT2D eigenvalue weighted by Crippen LogP contribution is 2.14. The third-order valence-corrected chi connectivity index (χ3v) is 3.04. The Morgan fingerprint density at radius 1 is 1.47 bits per heavy atom. The number of carbonyl (C=O) groups is 1. The molecule has 0 bridgehead atoms. The third kappa shape index (κ3) is 3.78. The van der Waals surface area contributed by atoms with Gasteiger partial charge >= 0.3 is 5.97 Å². The van der Waals surface area contributed by atoms with Crippen molar-refractivity contribution in [3.8, 4) is 5.82 Å². The van der Waals surface area contributed by atoms with Crippen molar-refractivity contribution < 1.29 is 9.53 Å². The van der Waals surface area contributed by atoms with Crippen LogP contribution in [0.1, 0.15) is 12.6 Å². The minimum absolute atomic E-state index is 0.204. The molecular formula is C12H14N4O2S. The fourth-order valence-corrected chi connectivity index (χ4v) is 2.02. The van der Waals surface area contributed by atoms with E-state index in [0.717, 1.165) is 5.69 Å². The summed E-state index contributed by atoms with van der Waals surface area (Å²) in [5.74, 6) is 0.612. The van der Waals surface area contributed by atoms with Crippen LogP contribution >= 0.6 is 11.8 Å². The highest BCUT2D eigenvalue weighted by Gasteiger charge is 2.07. The number of thioether (sulfide) groups is 1. The predicted octanol–water partition coefficient (Wildman–Crippen LogP) is 1.63. The number of hydrogen-bond acceptors (Lipinski definition) is 6. The Morgan fingerprint density at radius 2 is 2.32 bits per heavy atom. The number of ether oxygens (including phenoxy) is 1. The lowest BCUT2D eigenvalue weighted by Crippen LogP contribution is -2.07. The van der Waals surface area contributed by atoms with Crippen molar-refractivity contribution in [1.82, 2.24) is 19.7 Å². The monoisotopic (exact) mass is 278 g/mol. The van der Waals surface area contributed by atoms with Crippen LogP contribution in [0.5, 0.6) is 0 Å². The first-order valence-corrected chi connectivity index (χ1v) is 6.81. The highest BCUT2D eigenvalue weighted by molar-refractivity contribution is 7.99. The van der Waals surface area contributed by atoms with Crippen molar-refractivity contribution in [1.29, 1.82) is 0 Å². The molecule has 19 heavy (non-hydrogen) atoms. The molecule has 0 amide bonds. The Balaban J connectivity index is 2.05. The van der Waals surface area contributed by atoms with E-state index >= 15 is 0 Å². The van der Waals surface area contributed by atoms with Crippen LogP contribution in [0.15, 0.2) is 29.7 Å². The van der Waals surface area contributed by atoms with E-state index in [0.29, 0.717) is 17.6 Å². The maximum Gasteiger partial charge on any atom is 0.316 e. The summed E-state index contributed by atoms with van der Waals surface area (Å²) in [5.41, 5.74) is 0.916. The summed E-state index contributed by atoms with van der Waals surface area (Å²) in [6.07, 6.45) is 3.48. The van der Waals surface area contributed by atoms with Crippen molar-refractivity contribution in [3.05, 3.63) is 30.2 Å². The van der Waals surface area contributed by atoms with Gasteiger partial charge in [-0.1, -0.05) is 11.8 Å². The number of aromatic nitrogens is 4. The number of esters is 1. The van der Waals surface area contributed by atoms with E-state index in [9.17, 15) is 4.79 Å². The topological polar surface area (TPSA) is 69.9 Å². The van der Waals surface area contributed by atoms with Gasteiger partial charge in [0.05, 0.1) is 18.1 Å². The molecule has 0 fully saturated rings. The summed E-state index contributed by atoms with van der Waals surface area (Å²) in [5, 5.41) is 4.80. The van der Waals surface area contributed by atoms with E-state index in [1.54, 1.807) is 23.9 Å². The number of hydrogen-bond donors (Lipinski definition) is 0. The van der Waals surface area contributed by atoms with Gasteiger partial charge in [0, 0.05) is 18.5 Å². The molecule has 0 saturated heterocycles. The lowest BCUT2D eigenvalue weighted by atomic mass is 10.5. The minimum atomic E-state index is -0.267. The fraction of sp³-hybridized carbons (Fsp3) is 0.333. The van der Waals surface area contributed by atoms with Crippen LogP contribution in [0.25, 0.3) is 5.82 Å². The molecule has 6 nitrogen and oxygen atoms in total. The number of nitrogens with zero attached hydrogens (tertiary/aromatic N) is 4. The van der Waals surface area contributed by atoms with Gasteiger partial charge in [0.1, 0.15) is 0 Å². The first-order chi connectivity index (χ1) is 9.19. The maximum atomic E-state index is 11.3. The molecule has 0 aliphatic carbocycles. The van der Waals surface area contributed by atoms with E-state index in [4.69, 9.17) is 4.74 Å². The van der Waals surface area contributed by atoms with E-state index in [1.807, 2.05) is 19.2 Å². The molecule has 0 aliphatic rings. The normalized spacial score (nSPS) is 10.4. The zero-order valence-electron chi connectivity index (χ0n) is 10.7. The standard InChI is InChI=1S/C12H14N4O2S/c1-3-18-11(17)8-19-12-13-6-4-10(14-12)16-7-5-9(2)15-16/h4-7H,3,8H2,1-2H3. The molecule has 0 aliphatic heterocycles. The average Bonchev–Trinajstić information content (AvgIpc) is 2.84. The predicted molar refractivity (Wildman–Crippen MR) is 71.2 cm³/mol. The number of carbonyl (C=O) groups excluding carboxylic acids is 1. The van der Waals surface area contributed by atoms with Gasteiger partial charge in [-0.15, -0.1) is 0 Å². The van der Waals surface area contributed by atoms with E-state index in [-0.39, 0.29) is 11.7 Å². The molecule has 0 saturated carbocycles. The minimum Gasteiger partial charge on any atom is -0.465 e. The number of rotatable bonds is 5. The molecular weight excluding hydrogens is 264 g/mol. The molecule has 0 aromatic carbocycles. The molecule has 0 spiro atoms. The summed E-state index contributed by atoms with van der Waals surface area (Å²) in [6, 6.07) is 3.66. The van der Waals surface area contributed by atoms with Gasteiger partial charge in [0.15, 0.2) is 11.0 Å². The lowest BCUT2D eigenvalue weighted by Gasteiger charge is -2.03. The zero-order valence-corrected chi connectivity index (χ0v) is 11.6. The molecule has 2 heterocycles. The lowest BCUT2D eigenvalue weighted by molar-refractivity contribution is -0.139. The van der Waals surface area contributed by atoms with Gasteiger partial charge in [-0.25, -0.2) is 14.6 Å². The first-order valence-electron chi connectivity index (χ1n) is 5.83. The van der Waals surface area contributed by atoms with Gasteiger partial charge in [-0.3, -0.25) is 4.79 Å². The van der Waals surface area contributed by atoms with E-state index < -0.39 is 0 Å². The van der Waals surface area contributed by atoms with Crippen molar-refractivity contribution in [3.63, 3.8) is 0 Å². The van der Waals surface area contributed by atoms with Gasteiger partial charge < -0.3 is 4.74 Å². The third-order valence-electron chi connectivity index (χ3n) is 2.20. The van der Waals surface area contributed by atoms with Crippen molar-refractivity contribution in [2.24, 2.45) is 0 Å². The molecule has 2 aromatic heterocycles. The zero-order chi connectivity index (χ0) is 13.7. The second-order valence-electron chi connectivity index (χ2n) is 3.69.